The fourth-order valence-corrected chi connectivity index (χ4v) is 1.96. The highest BCUT2D eigenvalue weighted by Gasteiger charge is 2.23. The topological polar surface area (TPSA) is 84.2 Å². The van der Waals surface area contributed by atoms with Crippen molar-refractivity contribution in [2.24, 2.45) is 11.7 Å². The van der Waals surface area contributed by atoms with Crippen molar-refractivity contribution in [1.29, 1.82) is 0 Å². The summed E-state index contributed by atoms with van der Waals surface area (Å²) in [4.78, 5) is 24.1. The van der Waals surface area contributed by atoms with Crippen LogP contribution >= 0.6 is 12.4 Å². The van der Waals surface area contributed by atoms with Crippen molar-refractivity contribution in [2.45, 2.75) is 32.7 Å². The van der Waals surface area contributed by atoms with Gasteiger partial charge >= 0.3 is 0 Å². The van der Waals surface area contributed by atoms with E-state index in [9.17, 15) is 9.59 Å². The van der Waals surface area contributed by atoms with Gasteiger partial charge in [0.1, 0.15) is 6.04 Å². The lowest BCUT2D eigenvalue weighted by Crippen LogP contribution is -2.50. The van der Waals surface area contributed by atoms with Crippen LogP contribution < -0.4 is 16.4 Å². The molecule has 0 saturated heterocycles. The highest BCUT2D eigenvalue weighted by Crippen LogP contribution is 2.04. The minimum atomic E-state index is -0.515. The van der Waals surface area contributed by atoms with Crippen LogP contribution in [0.15, 0.2) is 30.3 Å². The van der Waals surface area contributed by atoms with Gasteiger partial charge in [0, 0.05) is 6.54 Å². The molecule has 0 radical (unpaired) electrons. The molecule has 1 aromatic carbocycles. The van der Waals surface area contributed by atoms with Crippen molar-refractivity contribution >= 4 is 24.2 Å². The zero-order chi connectivity index (χ0) is 15.7. The van der Waals surface area contributed by atoms with E-state index in [1.54, 1.807) is 0 Å². The smallest absolute Gasteiger partial charge is 0.242 e. The molecule has 1 unspecified atom stereocenters. The molecule has 22 heavy (non-hydrogen) atoms. The largest absolute Gasteiger partial charge is 0.354 e. The Morgan fingerprint density at radius 3 is 2.36 bits per heavy atom. The van der Waals surface area contributed by atoms with Gasteiger partial charge in [0.05, 0.1) is 6.42 Å². The number of carbonyl (C=O) groups excluding carboxylic acids is 2. The van der Waals surface area contributed by atoms with E-state index < -0.39 is 6.04 Å². The van der Waals surface area contributed by atoms with E-state index in [1.807, 2.05) is 44.2 Å². The second kappa shape index (κ2) is 11.0. The van der Waals surface area contributed by atoms with E-state index >= 15 is 0 Å². The number of rotatable bonds is 8. The van der Waals surface area contributed by atoms with Crippen LogP contribution in [0.3, 0.4) is 0 Å². The quantitative estimate of drug-likeness (QED) is 0.628. The third kappa shape index (κ3) is 7.43. The molecule has 4 N–H and O–H groups in total. The molecule has 0 saturated carbocycles. The molecule has 2 amide bonds. The van der Waals surface area contributed by atoms with Gasteiger partial charge in [-0.05, 0) is 24.4 Å². The predicted molar refractivity (Wildman–Crippen MR) is 90.8 cm³/mol. The van der Waals surface area contributed by atoms with Crippen molar-refractivity contribution in [3.63, 3.8) is 0 Å². The van der Waals surface area contributed by atoms with Crippen LogP contribution in [0, 0.1) is 5.92 Å². The van der Waals surface area contributed by atoms with Gasteiger partial charge in [-0.1, -0.05) is 44.2 Å². The normalized spacial score (nSPS) is 11.5. The maximum Gasteiger partial charge on any atom is 0.242 e. The Kier molecular flexibility index (Phi) is 10.2. The Morgan fingerprint density at radius 2 is 1.82 bits per heavy atom. The number of hydrogen-bond donors (Lipinski definition) is 3. The van der Waals surface area contributed by atoms with Gasteiger partial charge in [-0.2, -0.15) is 0 Å². The second-order valence-electron chi connectivity index (χ2n) is 5.38. The summed E-state index contributed by atoms with van der Waals surface area (Å²) in [5.74, 6) is -0.267. The highest BCUT2D eigenvalue weighted by molar-refractivity contribution is 5.88. The summed E-state index contributed by atoms with van der Waals surface area (Å²) in [7, 11) is 0. The van der Waals surface area contributed by atoms with Gasteiger partial charge in [-0.25, -0.2) is 0 Å². The Hall–Kier alpha value is -1.59. The average Bonchev–Trinajstić information content (AvgIpc) is 2.45. The Balaban J connectivity index is 0.00000441. The first-order chi connectivity index (χ1) is 10.0. The Morgan fingerprint density at radius 1 is 1.18 bits per heavy atom. The molecule has 6 heteroatoms. The second-order valence-corrected chi connectivity index (χ2v) is 5.38. The summed E-state index contributed by atoms with van der Waals surface area (Å²) in [6.45, 7) is 4.89. The first-order valence-corrected chi connectivity index (χ1v) is 7.35. The number of halogens is 1. The first-order valence-electron chi connectivity index (χ1n) is 7.35. The molecule has 0 aromatic heterocycles. The van der Waals surface area contributed by atoms with Gasteiger partial charge in [0.2, 0.25) is 11.8 Å². The highest BCUT2D eigenvalue weighted by atomic mass is 35.5. The fraction of sp³-hybridized carbons (Fsp3) is 0.500. The van der Waals surface area contributed by atoms with Crippen molar-refractivity contribution < 1.29 is 9.59 Å². The van der Waals surface area contributed by atoms with Crippen molar-refractivity contribution in [2.75, 3.05) is 13.1 Å². The first kappa shape index (κ1) is 20.4. The van der Waals surface area contributed by atoms with E-state index in [4.69, 9.17) is 5.73 Å². The van der Waals surface area contributed by atoms with Crippen LogP contribution in [0.5, 0.6) is 0 Å². The molecule has 5 nitrogen and oxygen atoms in total. The third-order valence-electron chi connectivity index (χ3n) is 3.15. The van der Waals surface area contributed by atoms with Crippen LogP contribution in [0.1, 0.15) is 25.8 Å². The lowest BCUT2D eigenvalue weighted by atomic mass is 10.0. The molecular formula is C16H26ClN3O2. The summed E-state index contributed by atoms with van der Waals surface area (Å²) in [5, 5.41) is 5.61. The summed E-state index contributed by atoms with van der Waals surface area (Å²) < 4.78 is 0. The van der Waals surface area contributed by atoms with Gasteiger partial charge in [0.25, 0.3) is 0 Å². The molecule has 1 rings (SSSR count). The number of benzene rings is 1. The molecule has 0 aliphatic heterocycles. The number of carbonyl (C=O) groups is 2. The lowest BCUT2D eigenvalue weighted by Gasteiger charge is -2.21. The van der Waals surface area contributed by atoms with Crippen LogP contribution in [0.25, 0.3) is 0 Å². The van der Waals surface area contributed by atoms with E-state index in [-0.39, 0.29) is 36.6 Å². The standard InChI is InChI=1S/C16H25N3O2.ClH/c1-12(2)15(16(21)18-10-6-9-17)19-14(20)11-13-7-4-3-5-8-13;/h3-5,7-8,12,15H,6,9-11,17H2,1-2H3,(H,18,21)(H,19,20);1H. The van der Waals surface area contributed by atoms with E-state index in [0.717, 1.165) is 12.0 Å². The molecule has 0 aliphatic rings. The maximum absolute atomic E-state index is 12.1. The van der Waals surface area contributed by atoms with Gasteiger partial charge in [0.15, 0.2) is 0 Å². The van der Waals surface area contributed by atoms with Crippen molar-refractivity contribution in [1.82, 2.24) is 10.6 Å². The molecule has 0 heterocycles. The monoisotopic (exact) mass is 327 g/mol. The molecule has 0 fully saturated rings. The van der Waals surface area contributed by atoms with Crippen LogP contribution in [-0.2, 0) is 16.0 Å². The van der Waals surface area contributed by atoms with Gasteiger partial charge in [-0.15, -0.1) is 12.4 Å². The third-order valence-corrected chi connectivity index (χ3v) is 3.15. The Labute approximate surface area is 138 Å². The summed E-state index contributed by atoms with van der Waals surface area (Å²) in [6, 6.07) is 8.96. The zero-order valence-electron chi connectivity index (χ0n) is 13.2. The predicted octanol–water partition coefficient (Wildman–Crippen LogP) is 1.26. The van der Waals surface area contributed by atoms with E-state index in [1.165, 1.54) is 0 Å². The lowest BCUT2D eigenvalue weighted by molar-refractivity contribution is -0.129. The molecule has 0 spiro atoms. The van der Waals surface area contributed by atoms with Crippen LogP contribution in [-0.4, -0.2) is 30.9 Å². The number of nitrogens with two attached hydrogens (primary N) is 1. The molecular weight excluding hydrogens is 302 g/mol. The van der Waals surface area contributed by atoms with Crippen molar-refractivity contribution in [3.05, 3.63) is 35.9 Å². The fourth-order valence-electron chi connectivity index (χ4n) is 1.96. The van der Waals surface area contributed by atoms with Gasteiger partial charge < -0.3 is 16.4 Å². The Bertz CT molecular complexity index is 452. The molecule has 1 aromatic rings. The van der Waals surface area contributed by atoms with E-state index in [0.29, 0.717) is 13.1 Å². The molecule has 124 valence electrons. The maximum atomic E-state index is 12.1. The minimum absolute atomic E-state index is 0. The van der Waals surface area contributed by atoms with E-state index in [2.05, 4.69) is 10.6 Å². The molecule has 0 bridgehead atoms. The molecule has 0 aliphatic carbocycles. The van der Waals surface area contributed by atoms with Crippen molar-refractivity contribution in [3.8, 4) is 0 Å². The van der Waals surface area contributed by atoms with Crippen LogP contribution in [0.4, 0.5) is 0 Å². The summed E-state index contributed by atoms with van der Waals surface area (Å²) in [6.07, 6.45) is 1.01. The summed E-state index contributed by atoms with van der Waals surface area (Å²) >= 11 is 0. The summed E-state index contributed by atoms with van der Waals surface area (Å²) in [5.41, 5.74) is 6.33. The number of nitrogens with one attached hydrogen (secondary N) is 2. The van der Waals surface area contributed by atoms with Crippen LogP contribution in [0.2, 0.25) is 0 Å². The minimum Gasteiger partial charge on any atom is -0.354 e. The number of hydrogen-bond acceptors (Lipinski definition) is 3. The molecule has 1 atom stereocenters. The average molecular weight is 328 g/mol. The zero-order valence-corrected chi connectivity index (χ0v) is 14.0. The number of amides is 2. The van der Waals surface area contributed by atoms with Gasteiger partial charge in [-0.3, -0.25) is 9.59 Å². The SMILES string of the molecule is CC(C)C(NC(=O)Cc1ccccc1)C(=O)NCCCN.Cl.